The number of hydrogen-bond acceptors (Lipinski definition) is 4. The Balaban J connectivity index is 2.83. The number of carbonyl (C=O) groups excluding carboxylic acids is 1. The molecule has 0 aliphatic heterocycles. The van der Waals surface area contributed by atoms with E-state index >= 15 is 0 Å². The van der Waals surface area contributed by atoms with Crippen molar-refractivity contribution in [1.29, 1.82) is 0 Å². The minimum atomic E-state index is -1.64. The predicted octanol–water partition coefficient (Wildman–Crippen LogP) is 0.296. The fourth-order valence-corrected chi connectivity index (χ4v) is 1.24. The third kappa shape index (κ3) is 1.59. The summed E-state index contributed by atoms with van der Waals surface area (Å²) in [6.45, 7) is 0. The summed E-state index contributed by atoms with van der Waals surface area (Å²) in [4.78, 5) is 21.6. The van der Waals surface area contributed by atoms with Crippen LogP contribution < -0.4 is 10.7 Å². The standard InChI is InChI=1S/C10H5FO4/c11-6-1-2-8-5(3-6)4-7(9(12)13)10(14)15-8/h1-4H,(H,12,13)/p-1. The number of hydrogen-bond donors (Lipinski definition) is 0. The lowest BCUT2D eigenvalue weighted by atomic mass is 10.2. The molecule has 0 radical (unpaired) electrons. The van der Waals surface area contributed by atoms with E-state index in [-0.39, 0.29) is 11.0 Å². The molecule has 1 aromatic heterocycles. The molecule has 0 aliphatic rings. The number of benzene rings is 1. The molecule has 1 aromatic carbocycles. The number of rotatable bonds is 1. The van der Waals surface area contributed by atoms with Gasteiger partial charge in [0.05, 0.1) is 11.5 Å². The molecule has 0 atom stereocenters. The highest BCUT2D eigenvalue weighted by Crippen LogP contribution is 2.14. The number of fused-ring (bicyclic) bond motifs is 1. The van der Waals surface area contributed by atoms with Gasteiger partial charge < -0.3 is 14.3 Å². The van der Waals surface area contributed by atoms with Crippen molar-refractivity contribution in [2.75, 3.05) is 0 Å². The van der Waals surface area contributed by atoms with E-state index in [1.54, 1.807) is 0 Å². The topological polar surface area (TPSA) is 70.3 Å². The van der Waals surface area contributed by atoms with Gasteiger partial charge in [-0.3, -0.25) is 0 Å². The first-order valence-corrected chi connectivity index (χ1v) is 4.02. The molecular weight excluding hydrogens is 203 g/mol. The molecule has 4 nitrogen and oxygen atoms in total. The molecule has 0 unspecified atom stereocenters. The Morgan fingerprint density at radius 3 is 2.73 bits per heavy atom. The van der Waals surface area contributed by atoms with Crippen molar-refractivity contribution in [1.82, 2.24) is 0 Å². The normalized spacial score (nSPS) is 10.5. The minimum Gasteiger partial charge on any atom is -0.545 e. The van der Waals surface area contributed by atoms with Crippen LogP contribution in [0.15, 0.2) is 33.5 Å². The largest absolute Gasteiger partial charge is 0.545 e. The Bertz CT molecular complexity index is 600. The van der Waals surface area contributed by atoms with Crippen LogP contribution in [0.5, 0.6) is 0 Å². The lowest BCUT2D eigenvalue weighted by Gasteiger charge is -2.02. The van der Waals surface area contributed by atoms with Crippen LogP contribution in [0.4, 0.5) is 4.39 Å². The van der Waals surface area contributed by atoms with Crippen molar-refractivity contribution < 1.29 is 18.7 Å². The Morgan fingerprint density at radius 2 is 2.07 bits per heavy atom. The van der Waals surface area contributed by atoms with Crippen molar-refractivity contribution >= 4 is 16.9 Å². The monoisotopic (exact) mass is 207 g/mol. The molecule has 15 heavy (non-hydrogen) atoms. The third-order valence-corrected chi connectivity index (χ3v) is 1.91. The van der Waals surface area contributed by atoms with Crippen LogP contribution >= 0.6 is 0 Å². The molecule has 76 valence electrons. The van der Waals surface area contributed by atoms with Gasteiger partial charge in [0, 0.05) is 5.39 Å². The summed E-state index contributed by atoms with van der Waals surface area (Å²) in [5, 5.41) is 10.7. The highest BCUT2D eigenvalue weighted by atomic mass is 19.1. The zero-order chi connectivity index (χ0) is 11.0. The number of carboxylic acids is 1. The quantitative estimate of drug-likeness (QED) is 0.630. The van der Waals surface area contributed by atoms with E-state index in [1.165, 1.54) is 6.07 Å². The molecular formula is C10H4FO4-. The molecule has 0 spiro atoms. The fourth-order valence-electron chi connectivity index (χ4n) is 1.24. The van der Waals surface area contributed by atoms with Gasteiger partial charge in [-0.1, -0.05) is 0 Å². The fraction of sp³-hybridized carbons (Fsp3) is 0. The predicted molar refractivity (Wildman–Crippen MR) is 46.8 cm³/mol. The number of carbonyl (C=O) groups is 1. The Hall–Kier alpha value is -2.17. The zero-order valence-corrected chi connectivity index (χ0v) is 7.32. The van der Waals surface area contributed by atoms with Gasteiger partial charge in [-0.05, 0) is 24.3 Å². The SMILES string of the molecule is O=C([O-])c1cc2cc(F)ccc2oc1=O. The molecule has 0 N–H and O–H groups in total. The van der Waals surface area contributed by atoms with Crippen LogP contribution in [-0.4, -0.2) is 5.97 Å². The average molecular weight is 207 g/mol. The first-order chi connectivity index (χ1) is 7.08. The molecule has 2 aromatic rings. The Morgan fingerprint density at radius 1 is 1.33 bits per heavy atom. The van der Waals surface area contributed by atoms with Crippen LogP contribution in [0.2, 0.25) is 0 Å². The second-order valence-electron chi connectivity index (χ2n) is 2.92. The van der Waals surface area contributed by atoms with E-state index < -0.39 is 23.0 Å². The van der Waals surface area contributed by atoms with E-state index in [0.717, 1.165) is 18.2 Å². The van der Waals surface area contributed by atoms with Crippen LogP contribution in [0.25, 0.3) is 11.0 Å². The van der Waals surface area contributed by atoms with E-state index in [9.17, 15) is 19.1 Å². The van der Waals surface area contributed by atoms with Gasteiger partial charge in [0.15, 0.2) is 0 Å². The van der Waals surface area contributed by atoms with Gasteiger partial charge >= 0.3 is 5.63 Å². The third-order valence-electron chi connectivity index (χ3n) is 1.91. The average Bonchev–Trinajstić information content (AvgIpc) is 2.17. The number of carboxylic acid groups (broad SMARTS) is 1. The van der Waals surface area contributed by atoms with Crippen molar-refractivity contribution in [3.05, 3.63) is 46.1 Å². The maximum atomic E-state index is 12.8. The van der Waals surface area contributed by atoms with Gasteiger partial charge in [0.2, 0.25) is 0 Å². The van der Waals surface area contributed by atoms with Crippen LogP contribution in [0, 0.1) is 5.82 Å². The van der Waals surface area contributed by atoms with E-state index in [2.05, 4.69) is 4.42 Å². The summed E-state index contributed by atoms with van der Waals surface area (Å²) < 4.78 is 17.5. The maximum absolute atomic E-state index is 12.8. The highest BCUT2D eigenvalue weighted by Gasteiger charge is 2.06. The van der Waals surface area contributed by atoms with Crippen molar-refractivity contribution in [2.45, 2.75) is 0 Å². The second kappa shape index (κ2) is 3.20. The van der Waals surface area contributed by atoms with Crippen LogP contribution in [0.1, 0.15) is 10.4 Å². The Labute approximate surface area is 82.6 Å². The van der Waals surface area contributed by atoms with Crippen LogP contribution in [-0.2, 0) is 0 Å². The number of aromatic carboxylic acids is 1. The molecule has 0 amide bonds. The molecule has 0 aliphatic carbocycles. The van der Waals surface area contributed by atoms with Gasteiger partial charge in [-0.15, -0.1) is 0 Å². The Kier molecular flexibility index (Phi) is 2.00. The van der Waals surface area contributed by atoms with Crippen molar-refractivity contribution in [2.24, 2.45) is 0 Å². The second-order valence-corrected chi connectivity index (χ2v) is 2.92. The number of halogens is 1. The smallest absolute Gasteiger partial charge is 0.345 e. The zero-order valence-electron chi connectivity index (χ0n) is 7.32. The van der Waals surface area contributed by atoms with Gasteiger partial charge in [0.25, 0.3) is 0 Å². The van der Waals surface area contributed by atoms with Gasteiger partial charge in [0.1, 0.15) is 11.4 Å². The summed E-state index contributed by atoms with van der Waals surface area (Å²) in [5.74, 6) is -2.18. The summed E-state index contributed by atoms with van der Waals surface area (Å²) in [7, 11) is 0. The lowest BCUT2D eigenvalue weighted by molar-refractivity contribution is -0.255. The summed E-state index contributed by atoms with van der Waals surface area (Å²) >= 11 is 0. The molecule has 0 saturated carbocycles. The maximum Gasteiger partial charge on any atom is 0.345 e. The van der Waals surface area contributed by atoms with Gasteiger partial charge in [-0.2, -0.15) is 0 Å². The van der Waals surface area contributed by atoms with E-state index in [0.29, 0.717) is 0 Å². The molecule has 5 heteroatoms. The van der Waals surface area contributed by atoms with E-state index in [1.807, 2.05) is 0 Å². The first-order valence-electron chi connectivity index (χ1n) is 4.02. The van der Waals surface area contributed by atoms with E-state index in [4.69, 9.17) is 0 Å². The molecule has 2 rings (SSSR count). The minimum absolute atomic E-state index is 0.131. The first kappa shape index (κ1) is 9.39. The summed E-state index contributed by atoms with van der Waals surface area (Å²) in [5.41, 5.74) is -1.49. The molecule has 0 saturated heterocycles. The summed E-state index contributed by atoms with van der Waals surface area (Å²) in [6.07, 6.45) is 0. The molecule has 1 heterocycles. The molecule has 0 bridgehead atoms. The lowest BCUT2D eigenvalue weighted by Crippen LogP contribution is -2.28. The highest BCUT2D eigenvalue weighted by molar-refractivity contribution is 5.90. The van der Waals surface area contributed by atoms with Crippen molar-refractivity contribution in [3.63, 3.8) is 0 Å². The summed E-state index contributed by atoms with van der Waals surface area (Å²) in [6, 6.07) is 4.47. The van der Waals surface area contributed by atoms with Crippen molar-refractivity contribution in [3.8, 4) is 0 Å². The van der Waals surface area contributed by atoms with Crippen LogP contribution in [0.3, 0.4) is 0 Å². The van der Waals surface area contributed by atoms with Gasteiger partial charge in [-0.25, -0.2) is 9.18 Å². The molecule has 0 fully saturated rings.